The van der Waals surface area contributed by atoms with E-state index in [9.17, 15) is 36.7 Å². The van der Waals surface area contributed by atoms with E-state index in [1.54, 1.807) is 31.2 Å². The van der Waals surface area contributed by atoms with Crippen molar-refractivity contribution >= 4 is 22.7 Å². The van der Waals surface area contributed by atoms with Crippen molar-refractivity contribution in [1.82, 2.24) is 19.4 Å². The predicted molar refractivity (Wildman–Crippen MR) is 122 cm³/mol. The fourth-order valence-electron chi connectivity index (χ4n) is 4.41. The van der Waals surface area contributed by atoms with Gasteiger partial charge in [-0.05, 0) is 36.2 Å². The van der Waals surface area contributed by atoms with E-state index < -0.39 is 41.1 Å². The molecule has 2 aromatic carbocycles. The summed E-state index contributed by atoms with van der Waals surface area (Å²) < 4.78 is 54.7. The Balaban J connectivity index is 1.60. The Labute approximate surface area is 201 Å². The van der Waals surface area contributed by atoms with Gasteiger partial charge in [0.15, 0.2) is 0 Å². The molecule has 190 valence electrons. The van der Waals surface area contributed by atoms with Gasteiger partial charge in [0, 0.05) is 25.7 Å². The minimum absolute atomic E-state index is 0.0673. The zero-order valence-corrected chi connectivity index (χ0v) is 19.1. The van der Waals surface area contributed by atoms with Gasteiger partial charge < -0.3 is 9.80 Å². The van der Waals surface area contributed by atoms with Crippen molar-refractivity contribution < 1.29 is 27.2 Å². The Hall–Kier alpha value is -3.96. The lowest BCUT2D eigenvalue weighted by Crippen LogP contribution is -2.59. The fourth-order valence-corrected chi connectivity index (χ4v) is 4.41. The number of rotatable bonds is 4. The van der Waals surface area contributed by atoms with Crippen LogP contribution in [0.1, 0.15) is 29.3 Å². The molecule has 1 fully saturated rings. The number of aromatic amines is 1. The predicted octanol–water partition coefficient (Wildman–Crippen LogP) is 2.50. The Bertz CT molecular complexity index is 1450. The van der Waals surface area contributed by atoms with Crippen LogP contribution in [0.15, 0.2) is 52.1 Å². The van der Waals surface area contributed by atoms with Crippen LogP contribution >= 0.6 is 0 Å². The van der Waals surface area contributed by atoms with Gasteiger partial charge in [-0.3, -0.25) is 23.9 Å². The first-order valence-corrected chi connectivity index (χ1v) is 11.2. The number of amides is 2. The summed E-state index contributed by atoms with van der Waals surface area (Å²) in [5, 5.41) is 0.285. The SMILES string of the molecule is CC[C@@H]1CN(C(=O)c2cc(Cn3c(=O)[nH]c(=O)c4ccccc43)ccc2F)CCN1C(=O)C(F)(F)F. The van der Waals surface area contributed by atoms with Gasteiger partial charge in [-0.2, -0.15) is 13.2 Å². The third-order valence-electron chi connectivity index (χ3n) is 6.25. The van der Waals surface area contributed by atoms with Gasteiger partial charge >= 0.3 is 17.8 Å². The number of hydrogen-bond acceptors (Lipinski definition) is 4. The van der Waals surface area contributed by atoms with Crippen LogP contribution in [0.2, 0.25) is 0 Å². The zero-order valence-electron chi connectivity index (χ0n) is 19.1. The molecule has 1 saturated heterocycles. The second kappa shape index (κ2) is 9.59. The highest BCUT2D eigenvalue weighted by Gasteiger charge is 2.46. The van der Waals surface area contributed by atoms with Gasteiger partial charge in [0.1, 0.15) is 5.82 Å². The second-order valence-electron chi connectivity index (χ2n) is 8.49. The first-order valence-electron chi connectivity index (χ1n) is 11.2. The first kappa shape index (κ1) is 25.1. The molecule has 1 aromatic heterocycles. The minimum atomic E-state index is -5.02. The number of aromatic nitrogens is 2. The summed E-state index contributed by atoms with van der Waals surface area (Å²) in [7, 11) is 0. The van der Waals surface area contributed by atoms with Crippen LogP contribution in [-0.2, 0) is 11.3 Å². The van der Waals surface area contributed by atoms with E-state index in [0.29, 0.717) is 16.0 Å². The van der Waals surface area contributed by atoms with Crippen molar-refractivity contribution in [3.05, 3.63) is 80.2 Å². The molecule has 0 radical (unpaired) electrons. The van der Waals surface area contributed by atoms with Crippen molar-refractivity contribution in [2.24, 2.45) is 0 Å². The Morgan fingerprint density at radius 1 is 1.08 bits per heavy atom. The number of para-hydroxylation sites is 1. The number of hydrogen-bond donors (Lipinski definition) is 1. The molecule has 0 saturated carbocycles. The fraction of sp³-hybridized carbons (Fsp3) is 0.333. The van der Waals surface area contributed by atoms with Gasteiger partial charge in [-0.1, -0.05) is 25.1 Å². The average molecular weight is 506 g/mol. The third-order valence-corrected chi connectivity index (χ3v) is 6.25. The summed E-state index contributed by atoms with van der Waals surface area (Å²) in [6.07, 6.45) is -4.85. The van der Waals surface area contributed by atoms with E-state index in [1.807, 2.05) is 0 Å². The number of alkyl halides is 3. The molecule has 2 amide bonds. The summed E-state index contributed by atoms with van der Waals surface area (Å²) in [5.41, 5.74) is -0.765. The highest BCUT2D eigenvalue weighted by Crippen LogP contribution is 2.25. The second-order valence-corrected chi connectivity index (χ2v) is 8.49. The lowest BCUT2D eigenvalue weighted by Gasteiger charge is -2.41. The van der Waals surface area contributed by atoms with E-state index in [0.717, 1.165) is 6.07 Å². The highest BCUT2D eigenvalue weighted by atomic mass is 19.4. The van der Waals surface area contributed by atoms with Crippen molar-refractivity contribution in [3.8, 4) is 0 Å². The molecule has 0 bridgehead atoms. The molecule has 1 aliphatic heterocycles. The maximum absolute atomic E-state index is 14.7. The summed E-state index contributed by atoms with van der Waals surface area (Å²) in [5.74, 6) is -3.52. The lowest BCUT2D eigenvalue weighted by atomic mass is 10.1. The van der Waals surface area contributed by atoms with E-state index >= 15 is 0 Å². The topological polar surface area (TPSA) is 95.5 Å². The normalized spacial score (nSPS) is 16.4. The molecule has 1 atom stereocenters. The maximum Gasteiger partial charge on any atom is 0.471 e. The van der Waals surface area contributed by atoms with Crippen LogP contribution < -0.4 is 11.2 Å². The molecular weight excluding hydrogens is 484 g/mol. The molecule has 12 heteroatoms. The Morgan fingerprint density at radius 3 is 2.50 bits per heavy atom. The number of carbonyl (C=O) groups is 2. The first-order chi connectivity index (χ1) is 17.0. The van der Waals surface area contributed by atoms with E-state index in [1.165, 1.54) is 21.6 Å². The van der Waals surface area contributed by atoms with E-state index in [-0.39, 0.29) is 43.5 Å². The highest BCUT2D eigenvalue weighted by molar-refractivity contribution is 5.95. The minimum Gasteiger partial charge on any atom is -0.335 e. The summed E-state index contributed by atoms with van der Waals surface area (Å²) in [4.78, 5) is 53.6. The standard InChI is InChI=1S/C24H22F4N4O4/c1-2-15-13-30(9-10-31(15)22(35)24(26,27)28)21(34)17-11-14(7-8-18(17)25)12-32-19-6-4-3-5-16(19)20(33)29-23(32)36/h3-8,11,15H,2,9-10,12-13H2,1H3,(H,29,33,36)/t15-/m1/s1. The number of carbonyl (C=O) groups excluding carboxylic acids is 2. The quantitative estimate of drug-likeness (QED) is 0.551. The van der Waals surface area contributed by atoms with Crippen LogP contribution in [0.3, 0.4) is 0 Å². The van der Waals surface area contributed by atoms with Crippen LogP contribution in [0.25, 0.3) is 10.9 Å². The van der Waals surface area contributed by atoms with Crippen LogP contribution in [0, 0.1) is 5.82 Å². The number of benzene rings is 2. The van der Waals surface area contributed by atoms with Gasteiger partial charge in [-0.25, -0.2) is 9.18 Å². The number of halogens is 4. The summed E-state index contributed by atoms with van der Waals surface area (Å²) in [6.45, 7) is 0.837. The van der Waals surface area contributed by atoms with Gasteiger partial charge in [0.25, 0.3) is 11.5 Å². The summed E-state index contributed by atoms with van der Waals surface area (Å²) in [6, 6.07) is 9.32. The molecule has 0 aliphatic carbocycles. The molecular formula is C24H22F4N4O4. The zero-order chi connectivity index (χ0) is 26.2. The maximum atomic E-state index is 14.7. The summed E-state index contributed by atoms with van der Waals surface area (Å²) >= 11 is 0. The smallest absolute Gasteiger partial charge is 0.335 e. The molecule has 0 spiro atoms. The third kappa shape index (κ3) is 4.75. The number of nitrogens with one attached hydrogen (secondary N) is 1. The number of nitrogens with zero attached hydrogens (tertiary/aromatic N) is 3. The van der Waals surface area contributed by atoms with Crippen molar-refractivity contribution in [2.75, 3.05) is 19.6 Å². The van der Waals surface area contributed by atoms with Gasteiger partial charge in [0.2, 0.25) is 0 Å². The number of piperazine rings is 1. The van der Waals surface area contributed by atoms with Crippen molar-refractivity contribution in [1.29, 1.82) is 0 Å². The molecule has 0 unspecified atom stereocenters. The van der Waals surface area contributed by atoms with Crippen molar-refractivity contribution in [3.63, 3.8) is 0 Å². The lowest BCUT2D eigenvalue weighted by molar-refractivity contribution is -0.189. The van der Waals surface area contributed by atoms with Gasteiger partial charge in [0.05, 0.1) is 23.0 Å². The van der Waals surface area contributed by atoms with Crippen LogP contribution in [0.4, 0.5) is 17.6 Å². The molecule has 36 heavy (non-hydrogen) atoms. The Kier molecular flexibility index (Phi) is 6.70. The Morgan fingerprint density at radius 2 is 1.81 bits per heavy atom. The van der Waals surface area contributed by atoms with Gasteiger partial charge in [-0.15, -0.1) is 0 Å². The molecule has 8 nitrogen and oxygen atoms in total. The molecule has 1 aliphatic rings. The van der Waals surface area contributed by atoms with Crippen LogP contribution in [0.5, 0.6) is 0 Å². The molecule has 3 aromatic rings. The number of fused-ring (bicyclic) bond motifs is 1. The molecule has 2 heterocycles. The monoisotopic (exact) mass is 506 g/mol. The number of H-pyrrole nitrogens is 1. The van der Waals surface area contributed by atoms with E-state index in [2.05, 4.69) is 4.98 Å². The van der Waals surface area contributed by atoms with E-state index in [4.69, 9.17) is 0 Å². The van der Waals surface area contributed by atoms with Crippen LogP contribution in [-0.4, -0.2) is 63.0 Å². The molecule has 4 rings (SSSR count). The molecule has 1 N–H and O–H groups in total. The largest absolute Gasteiger partial charge is 0.471 e. The average Bonchev–Trinajstić information content (AvgIpc) is 2.85. The van der Waals surface area contributed by atoms with Crippen molar-refractivity contribution in [2.45, 2.75) is 32.1 Å².